The maximum absolute atomic E-state index is 11.4. The van der Waals surface area contributed by atoms with E-state index >= 15 is 0 Å². The predicted molar refractivity (Wildman–Crippen MR) is 68.3 cm³/mol. The molecule has 0 aliphatic rings. The van der Waals surface area contributed by atoms with Gasteiger partial charge < -0.3 is 9.64 Å². The van der Waals surface area contributed by atoms with Gasteiger partial charge in [0.05, 0.1) is 7.11 Å². The standard InChI is InChI=1S/C9H16N2O2S2/c1-11(2)6-7(8(12)13-3)10-9(14-4)15-5/h6H,1-5H3. The first kappa shape index (κ1) is 14.4. The molecule has 0 saturated heterocycles. The Labute approximate surface area is 99.1 Å². The molecular weight excluding hydrogens is 232 g/mol. The van der Waals surface area contributed by atoms with Gasteiger partial charge in [0.25, 0.3) is 0 Å². The Morgan fingerprint density at radius 1 is 1.33 bits per heavy atom. The summed E-state index contributed by atoms with van der Waals surface area (Å²) >= 11 is 3.00. The molecule has 0 radical (unpaired) electrons. The lowest BCUT2D eigenvalue weighted by Crippen LogP contribution is -2.10. The molecule has 0 spiro atoms. The number of rotatable bonds is 3. The van der Waals surface area contributed by atoms with E-state index in [0.717, 1.165) is 4.38 Å². The minimum Gasteiger partial charge on any atom is -0.464 e. The molecule has 0 aliphatic carbocycles. The van der Waals surface area contributed by atoms with Gasteiger partial charge in [0.1, 0.15) is 4.38 Å². The van der Waals surface area contributed by atoms with Crippen molar-refractivity contribution in [3.8, 4) is 0 Å². The van der Waals surface area contributed by atoms with Crippen molar-refractivity contribution in [2.45, 2.75) is 0 Å². The number of ether oxygens (including phenoxy) is 1. The molecule has 4 nitrogen and oxygen atoms in total. The van der Waals surface area contributed by atoms with Crippen LogP contribution in [0.4, 0.5) is 0 Å². The van der Waals surface area contributed by atoms with E-state index in [9.17, 15) is 4.79 Å². The second-order valence-corrected chi connectivity index (χ2v) is 4.60. The van der Waals surface area contributed by atoms with Gasteiger partial charge in [0, 0.05) is 20.3 Å². The van der Waals surface area contributed by atoms with E-state index in [4.69, 9.17) is 0 Å². The monoisotopic (exact) mass is 248 g/mol. The van der Waals surface area contributed by atoms with Crippen LogP contribution in [0.5, 0.6) is 0 Å². The van der Waals surface area contributed by atoms with Gasteiger partial charge in [0.15, 0.2) is 5.70 Å². The molecule has 0 fully saturated rings. The summed E-state index contributed by atoms with van der Waals surface area (Å²) in [6.07, 6.45) is 5.47. The summed E-state index contributed by atoms with van der Waals surface area (Å²) in [5, 5.41) is 0. The highest BCUT2D eigenvalue weighted by Crippen LogP contribution is 2.14. The van der Waals surface area contributed by atoms with Crippen molar-refractivity contribution >= 4 is 33.9 Å². The Balaban J connectivity index is 4.95. The molecule has 0 saturated carbocycles. The van der Waals surface area contributed by atoms with Gasteiger partial charge in [-0.15, -0.1) is 23.5 Å². The first-order valence-corrected chi connectivity index (χ1v) is 6.63. The molecule has 0 aromatic rings. The van der Waals surface area contributed by atoms with Crippen molar-refractivity contribution in [1.29, 1.82) is 0 Å². The molecule has 6 heteroatoms. The van der Waals surface area contributed by atoms with Crippen LogP contribution in [0.2, 0.25) is 0 Å². The normalized spacial score (nSPS) is 10.9. The van der Waals surface area contributed by atoms with Crippen molar-refractivity contribution in [1.82, 2.24) is 4.90 Å². The number of methoxy groups -OCH3 is 1. The van der Waals surface area contributed by atoms with E-state index in [1.165, 1.54) is 30.6 Å². The summed E-state index contributed by atoms with van der Waals surface area (Å²) < 4.78 is 5.47. The summed E-state index contributed by atoms with van der Waals surface area (Å²) in [5.74, 6) is -0.427. The van der Waals surface area contributed by atoms with Crippen LogP contribution < -0.4 is 0 Å². The van der Waals surface area contributed by atoms with Crippen LogP contribution in [0, 0.1) is 0 Å². The molecule has 0 N–H and O–H groups in total. The molecule has 86 valence electrons. The summed E-state index contributed by atoms with van der Waals surface area (Å²) in [7, 11) is 5.01. The summed E-state index contributed by atoms with van der Waals surface area (Å²) in [5.41, 5.74) is 0.307. The molecule has 0 unspecified atom stereocenters. The van der Waals surface area contributed by atoms with Gasteiger partial charge in [-0.05, 0) is 12.5 Å². The topological polar surface area (TPSA) is 41.9 Å². The Kier molecular flexibility index (Phi) is 7.33. The van der Waals surface area contributed by atoms with Crippen LogP contribution in [0.3, 0.4) is 0 Å². The van der Waals surface area contributed by atoms with Gasteiger partial charge in [-0.3, -0.25) is 0 Å². The van der Waals surface area contributed by atoms with Crippen molar-refractivity contribution in [2.75, 3.05) is 33.7 Å². The Hall–Kier alpha value is -0.620. The molecular formula is C9H16N2O2S2. The second-order valence-electron chi connectivity index (χ2n) is 2.76. The molecule has 0 aromatic heterocycles. The molecule has 0 atom stereocenters. The average molecular weight is 248 g/mol. The van der Waals surface area contributed by atoms with Crippen LogP contribution in [0.25, 0.3) is 0 Å². The fraction of sp³-hybridized carbons (Fsp3) is 0.556. The van der Waals surface area contributed by atoms with Crippen LogP contribution in [-0.2, 0) is 9.53 Å². The van der Waals surface area contributed by atoms with Gasteiger partial charge in [0.2, 0.25) is 0 Å². The van der Waals surface area contributed by atoms with Gasteiger partial charge in [-0.2, -0.15) is 0 Å². The van der Waals surface area contributed by atoms with Crippen LogP contribution >= 0.6 is 23.5 Å². The van der Waals surface area contributed by atoms with E-state index < -0.39 is 5.97 Å². The number of carbonyl (C=O) groups is 1. The van der Waals surface area contributed by atoms with E-state index in [1.807, 2.05) is 26.6 Å². The molecule has 0 aliphatic heterocycles. The van der Waals surface area contributed by atoms with Crippen molar-refractivity contribution in [2.24, 2.45) is 4.99 Å². The van der Waals surface area contributed by atoms with Crippen LogP contribution in [0.1, 0.15) is 0 Å². The molecule has 0 aromatic carbocycles. The molecule has 0 rings (SSSR count). The van der Waals surface area contributed by atoms with Crippen molar-refractivity contribution < 1.29 is 9.53 Å². The first-order chi connectivity index (χ1) is 7.04. The number of hydrogen-bond acceptors (Lipinski definition) is 6. The zero-order chi connectivity index (χ0) is 11.8. The molecule has 0 amide bonds. The lowest BCUT2D eigenvalue weighted by molar-refractivity contribution is -0.136. The zero-order valence-electron chi connectivity index (χ0n) is 9.60. The third-order valence-electron chi connectivity index (χ3n) is 1.34. The summed E-state index contributed by atoms with van der Waals surface area (Å²) in [6.45, 7) is 0. The fourth-order valence-electron chi connectivity index (χ4n) is 0.749. The lowest BCUT2D eigenvalue weighted by atomic mass is 10.5. The highest BCUT2D eigenvalue weighted by Gasteiger charge is 2.10. The quantitative estimate of drug-likeness (QED) is 0.329. The summed E-state index contributed by atoms with van der Waals surface area (Å²) in [4.78, 5) is 17.3. The maximum Gasteiger partial charge on any atom is 0.358 e. The lowest BCUT2D eigenvalue weighted by Gasteiger charge is -2.07. The number of aliphatic imine (C=N–C) groups is 1. The molecule has 15 heavy (non-hydrogen) atoms. The first-order valence-electron chi connectivity index (χ1n) is 4.18. The summed E-state index contributed by atoms with van der Waals surface area (Å²) in [6, 6.07) is 0. The number of thioether (sulfide) groups is 2. The SMILES string of the molecule is COC(=O)C(=CN(C)C)N=C(SC)SC. The highest BCUT2D eigenvalue weighted by molar-refractivity contribution is 8.38. The smallest absolute Gasteiger partial charge is 0.358 e. The number of hydrogen-bond donors (Lipinski definition) is 0. The largest absolute Gasteiger partial charge is 0.464 e. The van der Waals surface area contributed by atoms with Gasteiger partial charge in [-0.25, -0.2) is 9.79 Å². The Morgan fingerprint density at radius 2 is 1.87 bits per heavy atom. The maximum atomic E-state index is 11.4. The highest BCUT2D eigenvalue weighted by atomic mass is 32.2. The number of carbonyl (C=O) groups excluding carboxylic acids is 1. The second kappa shape index (κ2) is 7.64. The Morgan fingerprint density at radius 3 is 2.20 bits per heavy atom. The third-order valence-corrected chi connectivity index (χ3v) is 3.22. The van der Waals surface area contributed by atoms with E-state index in [0.29, 0.717) is 5.70 Å². The van der Waals surface area contributed by atoms with E-state index in [1.54, 1.807) is 11.1 Å². The van der Waals surface area contributed by atoms with E-state index in [-0.39, 0.29) is 0 Å². The fourth-order valence-corrected chi connectivity index (χ4v) is 1.80. The average Bonchev–Trinajstić information content (AvgIpc) is 2.22. The Bertz CT molecular complexity index is 269. The minimum absolute atomic E-state index is 0.307. The predicted octanol–water partition coefficient (Wildman–Crippen LogP) is 1.64. The van der Waals surface area contributed by atoms with E-state index in [2.05, 4.69) is 9.73 Å². The minimum atomic E-state index is -0.427. The molecule has 0 bridgehead atoms. The number of esters is 1. The number of nitrogens with zero attached hydrogens (tertiary/aromatic N) is 2. The van der Waals surface area contributed by atoms with Crippen LogP contribution in [0.15, 0.2) is 16.9 Å². The van der Waals surface area contributed by atoms with Crippen LogP contribution in [-0.4, -0.2) is 49.0 Å². The van der Waals surface area contributed by atoms with Crippen molar-refractivity contribution in [3.63, 3.8) is 0 Å². The molecule has 0 heterocycles. The zero-order valence-corrected chi connectivity index (χ0v) is 11.2. The van der Waals surface area contributed by atoms with Gasteiger partial charge in [-0.1, -0.05) is 0 Å². The third kappa shape index (κ3) is 5.74. The van der Waals surface area contributed by atoms with Gasteiger partial charge >= 0.3 is 5.97 Å². The van der Waals surface area contributed by atoms with Crippen molar-refractivity contribution in [3.05, 3.63) is 11.9 Å².